The lowest BCUT2D eigenvalue weighted by Gasteiger charge is -1.95. The van der Waals surface area contributed by atoms with Gasteiger partial charge >= 0.3 is 0 Å². The lowest BCUT2D eigenvalue weighted by molar-refractivity contribution is 0.344. The SMILES string of the molecule is CCOC=Nc1nccnc1C. The van der Waals surface area contributed by atoms with E-state index in [9.17, 15) is 0 Å². The quantitative estimate of drug-likeness (QED) is 0.503. The molecule has 0 N–H and O–H groups in total. The van der Waals surface area contributed by atoms with E-state index < -0.39 is 0 Å². The first-order valence-corrected chi connectivity index (χ1v) is 3.76. The fraction of sp³-hybridized carbons (Fsp3) is 0.375. The van der Waals surface area contributed by atoms with E-state index in [1.54, 1.807) is 12.4 Å². The Bertz CT molecular complexity index is 273. The Kier molecular flexibility index (Phi) is 3.19. The number of hydrogen-bond acceptors (Lipinski definition) is 4. The molecule has 1 heterocycles. The zero-order chi connectivity index (χ0) is 8.81. The van der Waals surface area contributed by atoms with Crippen LogP contribution in [0.1, 0.15) is 12.6 Å². The summed E-state index contributed by atoms with van der Waals surface area (Å²) in [6.45, 7) is 4.37. The molecule has 0 amide bonds. The summed E-state index contributed by atoms with van der Waals surface area (Å²) in [7, 11) is 0. The molecule has 12 heavy (non-hydrogen) atoms. The molecule has 0 saturated carbocycles. The number of aryl methyl sites for hydroxylation is 1. The average Bonchev–Trinajstić information content (AvgIpc) is 2.09. The predicted molar refractivity (Wildman–Crippen MR) is 46.5 cm³/mol. The van der Waals surface area contributed by atoms with Crippen LogP contribution in [0.3, 0.4) is 0 Å². The normalized spacial score (nSPS) is 10.5. The third-order valence-electron chi connectivity index (χ3n) is 1.27. The molecule has 0 aliphatic rings. The van der Waals surface area contributed by atoms with Crippen LogP contribution >= 0.6 is 0 Å². The minimum absolute atomic E-state index is 0.603. The van der Waals surface area contributed by atoms with Crippen molar-refractivity contribution >= 4 is 12.2 Å². The lowest BCUT2D eigenvalue weighted by Crippen LogP contribution is -1.87. The zero-order valence-electron chi connectivity index (χ0n) is 7.19. The van der Waals surface area contributed by atoms with Crippen molar-refractivity contribution in [2.75, 3.05) is 6.61 Å². The molecule has 1 aromatic rings. The zero-order valence-corrected chi connectivity index (χ0v) is 7.19. The highest BCUT2D eigenvalue weighted by Gasteiger charge is 1.94. The molecule has 0 aliphatic heterocycles. The number of aliphatic imine (C=N–C) groups is 1. The third kappa shape index (κ3) is 2.30. The Labute approximate surface area is 71.3 Å². The molecule has 1 aromatic heterocycles. The summed E-state index contributed by atoms with van der Waals surface area (Å²) in [5, 5.41) is 0. The monoisotopic (exact) mass is 165 g/mol. The molecular formula is C8H11N3O. The van der Waals surface area contributed by atoms with Gasteiger partial charge < -0.3 is 4.74 Å². The highest BCUT2D eigenvalue weighted by Crippen LogP contribution is 2.08. The van der Waals surface area contributed by atoms with E-state index in [1.165, 1.54) is 6.40 Å². The van der Waals surface area contributed by atoms with E-state index >= 15 is 0 Å². The van der Waals surface area contributed by atoms with Gasteiger partial charge in [-0.1, -0.05) is 0 Å². The van der Waals surface area contributed by atoms with E-state index in [0.717, 1.165) is 5.69 Å². The first-order valence-electron chi connectivity index (χ1n) is 3.76. The summed E-state index contributed by atoms with van der Waals surface area (Å²) in [6, 6.07) is 0. The van der Waals surface area contributed by atoms with Crippen LogP contribution in [0.5, 0.6) is 0 Å². The minimum atomic E-state index is 0.603. The van der Waals surface area contributed by atoms with Gasteiger partial charge in [-0.25, -0.2) is 4.98 Å². The summed E-state index contributed by atoms with van der Waals surface area (Å²) in [5.41, 5.74) is 0.799. The van der Waals surface area contributed by atoms with Gasteiger partial charge in [-0.15, -0.1) is 0 Å². The van der Waals surface area contributed by atoms with Gasteiger partial charge in [0.2, 0.25) is 0 Å². The van der Waals surface area contributed by atoms with Gasteiger partial charge in [-0.05, 0) is 13.8 Å². The van der Waals surface area contributed by atoms with Crippen LogP contribution in [0, 0.1) is 6.92 Å². The van der Waals surface area contributed by atoms with Crippen LogP contribution in [0.2, 0.25) is 0 Å². The van der Waals surface area contributed by atoms with Crippen molar-refractivity contribution in [1.82, 2.24) is 9.97 Å². The molecule has 0 aromatic carbocycles. The smallest absolute Gasteiger partial charge is 0.176 e. The summed E-state index contributed by atoms with van der Waals surface area (Å²) in [6.07, 6.45) is 4.62. The largest absolute Gasteiger partial charge is 0.483 e. The van der Waals surface area contributed by atoms with Crippen molar-refractivity contribution in [3.63, 3.8) is 0 Å². The van der Waals surface area contributed by atoms with Gasteiger partial charge in [0, 0.05) is 12.4 Å². The second kappa shape index (κ2) is 4.43. The van der Waals surface area contributed by atoms with Gasteiger partial charge in [0.25, 0.3) is 0 Å². The number of aromatic nitrogens is 2. The van der Waals surface area contributed by atoms with Crippen LogP contribution in [0.15, 0.2) is 17.4 Å². The van der Waals surface area contributed by atoms with Crippen LogP contribution in [0.4, 0.5) is 5.82 Å². The van der Waals surface area contributed by atoms with Crippen LogP contribution in [-0.4, -0.2) is 23.0 Å². The average molecular weight is 165 g/mol. The standard InChI is InChI=1S/C8H11N3O/c1-3-12-6-11-8-7(2)9-4-5-10-8/h4-6H,3H2,1-2H3. The predicted octanol–water partition coefficient (Wildman–Crippen LogP) is 1.48. The van der Waals surface area contributed by atoms with Crippen molar-refractivity contribution in [1.29, 1.82) is 0 Å². The maximum atomic E-state index is 4.93. The number of rotatable bonds is 3. The van der Waals surface area contributed by atoms with Gasteiger partial charge in [0.15, 0.2) is 12.2 Å². The van der Waals surface area contributed by atoms with Crippen LogP contribution < -0.4 is 0 Å². The maximum Gasteiger partial charge on any atom is 0.176 e. The highest BCUT2D eigenvalue weighted by molar-refractivity contribution is 5.53. The molecular weight excluding hydrogens is 154 g/mol. The van der Waals surface area contributed by atoms with Gasteiger partial charge in [-0.3, -0.25) is 4.98 Å². The van der Waals surface area contributed by atoms with Crippen molar-refractivity contribution in [2.24, 2.45) is 4.99 Å². The molecule has 4 heteroatoms. The van der Waals surface area contributed by atoms with E-state index in [0.29, 0.717) is 12.4 Å². The second-order valence-electron chi connectivity index (χ2n) is 2.16. The number of nitrogens with zero attached hydrogens (tertiary/aromatic N) is 3. The van der Waals surface area contributed by atoms with Gasteiger partial charge in [0.1, 0.15) is 0 Å². The highest BCUT2D eigenvalue weighted by atomic mass is 16.5. The third-order valence-corrected chi connectivity index (χ3v) is 1.27. The number of ether oxygens (including phenoxy) is 1. The van der Waals surface area contributed by atoms with Gasteiger partial charge in [0.05, 0.1) is 12.3 Å². The molecule has 0 unspecified atom stereocenters. The minimum Gasteiger partial charge on any atom is -0.483 e. The first-order chi connectivity index (χ1) is 5.84. The Morgan fingerprint density at radius 2 is 2.25 bits per heavy atom. The molecule has 0 bridgehead atoms. The summed E-state index contributed by atoms with van der Waals surface area (Å²) in [5.74, 6) is 0.603. The van der Waals surface area contributed by atoms with E-state index in [-0.39, 0.29) is 0 Å². The molecule has 0 aliphatic carbocycles. The molecule has 1 rings (SSSR count). The van der Waals surface area contributed by atoms with E-state index in [1.807, 2.05) is 13.8 Å². The topological polar surface area (TPSA) is 47.4 Å². The van der Waals surface area contributed by atoms with Crippen molar-refractivity contribution in [2.45, 2.75) is 13.8 Å². The Morgan fingerprint density at radius 1 is 1.50 bits per heavy atom. The van der Waals surface area contributed by atoms with Crippen LogP contribution in [0.25, 0.3) is 0 Å². The summed E-state index contributed by atoms with van der Waals surface area (Å²) >= 11 is 0. The van der Waals surface area contributed by atoms with Gasteiger partial charge in [-0.2, -0.15) is 4.99 Å². The molecule has 64 valence electrons. The van der Waals surface area contributed by atoms with E-state index in [2.05, 4.69) is 15.0 Å². The van der Waals surface area contributed by atoms with Crippen molar-refractivity contribution in [3.05, 3.63) is 18.1 Å². The second-order valence-corrected chi connectivity index (χ2v) is 2.16. The van der Waals surface area contributed by atoms with Crippen LogP contribution in [-0.2, 0) is 4.74 Å². The molecule has 4 nitrogen and oxygen atoms in total. The Morgan fingerprint density at radius 3 is 2.92 bits per heavy atom. The first kappa shape index (κ1) is 8.64. The Balaban J connectivity index is 2.68. The summed E-state index contributed by atoms with van der Waals surface area (Å²) < 4.78 is 4.93. The number of hydrogen-bond donors (Lipinski definition) is 0. The molecule has 0 atom stereocenters. The molecule has 0 spiro atoms. The van der Waals surface area contributed by atoms with Crippen molar-refractivity contribution < 1.29 is 4.74 Å². The fourth-order valence-corrected chi connectivity index (χ4v) is 0.689. The fourth-order valence-electron chi connectivity index (χ4n) is 0.689. The van der Waals surface area contributed by atoms with Crippen molar-refractivity contribution in [3.8, 4) is 0 Å². The lowest BCUT2D eigenvalue weighted by atomic mass is 10.5. The molecule has 0 fully saturated rings. The summed E-state index contributed by atoms with van der Waals surface area (Å²) in [4.78, 5) is 12.0. The molecule has 0 saturated heterocycles. The molecule has 0 radical (unpaired) electrons. The maximum absolute atomic E-state index is 4.93. The Hall–Kier alpha value is -1.45. The van der Waals surface area contributed by atoms with E-state index in [4.69, 9.17) is 4.74 Å².